The molecule has 144 valence electrons. The smallest absolute Gasteiger partial charge is 0.275 e. The maximum Gasteiger partial charge on any atom is 0.275 e. The Hall–Kier alpha value is -2.86. The fourth-order valence-corrected chi connectivity index (χ4v) is 2.85. The molecule has 2 aromatic rings. The summed E-state index contributed by atoms with van der Waals surface area (Å²) < 4.78 is 1.43. The molecule has 4 atom stereocenters. The number of hydrogen-bond acceptors (Lipinski definition) is 9. The maximum atomic E-state index is 12.0. The Morgan fingerprint density at radius 1 is 1.30 bits per heavy atom. The number of benzene rings is 1. The van der Waals surface area contributed by atoms with E-state index in [0.717, 1.165) is 0 Å². The van der Waals surface area contributed by atoms with Crippen molar-refractivity contribution in [2.45, 2.75) is 30.8 Å². The van der Waals surface area contributed by atoms with E-state index in [1.807, 2.05) is 0 Å². The number of aliphatic hydroxyl groups excluding tert-OH is 3. The minimum absolute atomic E-state index is 0.0867. The fraction of sp³-hybridized carbons (Fsp3) is 0.375. The van der Waals surface area contributed by atoms with Gasteiger partial charge < -0.3 is 25.7 Å². The van der Waals surface area contributed by atoms with E-state index in [1.54, 1.807) is 12.1 Å². The van der Waals surface area contributed by atoms with Crippen molar-refractivity contribution in [3.05, 3.63) is 41.7 Å². The molecule has 11 nitrogen and oxygen atoms in total. The van der Waals surface area contributed by atoms with E-state index in [9.17, 15) is 25.2 Å². The van der Waals surface area contributed by atoms with Crippen LogP contribution in [-0.2, 0) is 6.54 Å². The van der Waals surface area contributed by atoms with Crippen LogP contribution in [-0.4, -0.2) is 78.4 Å². The molecule has 0 radical (unpaired) electrons. The number of aromatic nitrogens is 3. The number of carbonyl (C=O) groups excluding carboxylic acids is 1. The molecule has 0 bridgehead atoms. The number of phenols is 1. The quantitative estimate of drug-likeness (QED) is 0.244. The molecule has 1 amide bonds. The van der Waals surface area contributed by atoms with Gasteiger partial charge in [0.25, 0.3) is 5.91 Å². The zero-order valence-corrected chi connectivity index (χ0v) is 14.2. The summed E-state index contributed by atoms with van der Waals surface area (Å²) in [5, 5.41) is 53.1. The first-order valence-corrected chi connectivity index (χ1v) is 8.24. The number of hydrogen-bond donors (Lipinski definition) is 6. The number of para-hydroxylation sites is 1. The van der Waals surface area contributed by atoms with Gasteiger partial charge in [0.2, 0.25) is 0 Å². The van der Waals surface area contributed by atoms with Crippen LogP contribution in [0.3, 0.4) is 0 Å². The van der Waals surface area contributed by atoms with E-state index >= 15 is 0 Å². The van der Waals surface area contributed by atoms with E-state index in [2.05, 4.69) is 26.2 Å². The number of aromatic hydroxyl groups is 1. The van der Waals surface area contributed by atoms with Crippen molar-refractivity contribution in [1.82, 2.24) is 25.7 Å². The van der Waals surface area contributed by atoms with Crippen LogP contribution in [0.25, 0.3) is 0 Å². The number of hydrazone groups is 1. The Labute approximate surface area is 154 Å². The zero-order valence-electron chi connectivity index (χ0n) is 14.2. The number of carbonyl (C=O) groups is 1. The summed E-state index contributed by atoms with van der Waals surface area (Å²) in [4.78, 5) is 12.0. The lowest BCUT2D eigenvalue weighted by Crippen LogP contribution is -2.38. The highest BCUT2D eigenvalue weighted by Gasteiger charge is 2.40. The van der Waals surface area contributed by atoms with Crippen LogP contribution >= 0.6 is 0 Å². The van der Waals surface area contributed by atoms with Gasteiger partial charge in [0, 0.05) is 0 Å². The van der Waals surface area contributed by atoms with Crippen molar-refractivity contribution in [2.75, 3.05) is 6.61 Å². The molecule has 1 saturated heterocycles. The summed E-state index contributed by atoms with van der Waals surface area (Å²) >= 11 is 0. The third-order valence-electron chi connectivity index (χ3n) is 4.33. The van der Waals surface area contributed by atoms with Crippen molar-refractivity contribution in [1.29, 1.82) is 0 Å². The van der Waals surface area contributed by atoms with Gasteiger partial charge in [0.05, 0.1) is 55.4 Å². The van der Waals surface area contributed by atoms with E-state index < -0.39 is 30.2 Å². The summed E-state index contributed by atoms with van der Waals surface area (Å²) in [5.41, 5.74) is 2.83. The zero-order chi connectivity index (χ0) is 19.4. The number of amides is 1. The second-order valence-corrected chi connectivity index (χ2v) is 6.10. The van der Waals surface area contributed by atoms with Gasteiger partial charge in [-0.2, -0.15) is 5.10 Å². The monoisotopic (exact) mass is 376 g/mol. The van der Waals surface area contributed by atoms with E-state index in [4.69, 9.17) is 0 Å². The van der Waals surface area contributed by atoms with Crippen LogP contribution < -0.4 is 10.7 Å². The Balaban J connectivity index is 1.63. The third kappa shape index (κ3) is 4.11. The normalized spacial score (nSPS) is 25.1. The Morgan fingerprint density at radius 2 is 2.04 bits per heavy atom. The number of phenolic OH excluding ortho intramolecular Hbond substituents is 1. The molecule has 0 spiro atoms. The molecule has 0 unspecified atom stereocenters. The average Bonchev–Trinajstić information content (AvgIpc) is 3.21. The molecule has 6 N–H and O–H groups in total. The van der Waals surface area contributed by atoms with Gasteiger partial charge in [-0.3, -0.25) is 4.79 Å². The van der Waals surface area contributed by atoms with Crippen molar-refractivity contribution in [3.63, 3.8) is 0 Å². The fourth-order valence-electron chi connectivity index (χ4n) is 2.85. The third-order valence-corrected chi connectivity index (χ3v) is 4.33. The summed E-state index contributed by atoms with van der Waals surface area (Å²) in [6.07, 6.45) is 0.575. The van der Waals surface area contributed by atoms with Gasteiger partial charge >= 0.3 is 0 Å². The number of nitrogens with zero attached hydrogens (tertiary/aromatic N) is 4. The lowest BCUT2D eigenvalue weighted by molar-refractivity contribution is 0.0175. The molecule has 11 heteroatoms. The molecule has 1 aromatic heterocycles. The van der Waals surface area contributed by atoms with Crippen LogP contribution in [0.5, 0.6) is 5.75 Å². The molecule has 1 aliphatic heterocycles. The van der Waals surface area contributed by atoms with Gasteiger partial charge in [-0.05, 0) is 12.1 Å². The van der Waals surface area contributed by atoms with Crippen molar-refractivity contribution in [3.8, 4) is 5.75 Å². The predicted octanol–water partition coefficient (Wildman–Crippen LogP) is -2.20. The highest BCUT2D eigenvalue weighted by Crippen LogP contribution is 2.16. The van der Waals surface area contributed by atoms with E-state index in [-0.39, 0.29) is 24.5 Å². The van der Waals surface area contributed by atoms with Crippen LogP contribution in [0, 0.1) is 0 Å². The molecular formula is C16H20N6O5. The molecule has 1 aliphatic rings. The first-order chi connectivity index (χ1) is 13.0. The molecule has 0 saturated carbocycles. The lowest BCUT2D eigenvalue weighted by Gasteiger charge is -2.16. The van der Waals surface area contributed by atoms with Crippen molar-refractivity contribution >= 4 is 12.1 Å². The van der Waals surface area contributed by atoms with Crippen LogP contribution in [0.1, 0.15) is 16.1 Å². The van der Waals surface area contributed by atoms with E-state index in [0.29, 0.717) is 5.69 Å². The molecule has 1 fully saturated rings. The summed E-state index contributed by atoms with van der Waals surface area (Å²) in [7, 11) is 0. The molecule has 2 heterocycles. The molecule has 3 rings (SSSR count). The number of nitrogens with one attached hydrogen (secondary N) is 2. The Morgan fingerprint density at radius 3 is 2.74 bits per heavy atom. The Bertz CT molecular complexity index is 825. The van der Waals surface area contributed by atoms with Crippen LogP contribution in [0.2, 0.25) is 0 Å². The van der Waals surface area contributed by atoms with Gasteiger partial charge in [-0.1, -0.05) is 17.3 Å². The predicted molar refractivity (Wildman–Crippen MR) is 93.0 cm³/mol. The second kappa shape index (κ2) is 8.22. The first kappa shape index (κ1) is 18.9. The summed E-state index contributed by atoms with van der Waals surface area (Å²) in [6, 6.07) is 4.91. The van der Waals surface area contributed by atoms with Gasteiger partial charge in [-0.25, -0.2) is 10.1 Å². The topological polar surface area (TPSA) is 165 Å². The van der Waals surface area contributed by atoms with Crippen LogP contribution in [0.15, 0.2) is 35.6 Å². The largest absolute Gasteiger partial charge is 0.507 e. The van der Waals surface area contributed by atoms with Gasteiger partial charge in [0.15, 0.2) is 0 Å². The van der Waals surface area contributed by atoms with Crippen molar-refractivity contribution in [2.24, 2.45) is 5.10 Å². The molecular weight excluding hydrogens is 356 g/mol. The van der Waals surface area contributed by atoms with Crippen LogP contribution in [0.4, 0.5) is 0 Å². The molecule has 1 aromatic carbocycles. The summed E-state index contributed by atoms with van der Waals surface area (Å²) in [5.74, 6) is -0.736. The standard InChI is InChI=1S/C16H20N6O5/c23-8-12-15(26)14(25)11(19-12)7-22-9(6-18-21-22)5-17-20-16(27)10-3-1-2-4-13(10)24/h1-6,11-12,14-15,19,23-26H,7-8H2,(H,20,27)/b17-5+/t11-,12-,14-,15-/m1/s1. The number of aliphatic hydroxyl groups is 3. The van der Waals surface area contributed by atoms with Gasteiger partial charge in [0.1, 0.15) is 11.4 Å². The maximum absolute atomic E-state index is 12.0. The van der Waals surface area contributed by atoms with Crippen molar-refractivity contribution < 1.29 is 25.2 Å². The number of rotatable bonds is 6. The SMILES string of the molecule is O=C(N/N=C/c1cnnn1C[C@H]1N[C@H](CO)[C@@H](O)[C@@H]1O)c1ccccc1O. The molecule has 0 aliphatic carbocycles. The minimum atomic E-state index is -1.08. The summed E-state index contributed by atoms with van der Waals surface area (Å²) in [6.45, 7) is -0.137. The second-order valence-electron chi connectivity index (χ2n) is 6.10. The lowest BCUT2D eigenvalue weighted by atomic mass is 10.1. The van der Waals surface area contributed by atoms with E-state index in [1.165, 1.54) is 29.2 Å². The Kier molecular flexibility index (Phi) is 5.76. The highest BCUT2D eigenvalue weighted by molar-refractivity contribution is 5.97. The average molecular weight is 376 g/mol. The minimum Gasteiger partial charge on any atom is -0.507 e. The van der Waals surface area contributed by atoms with Gasteiger partial charge in [-0.15, -0.1) is 5.10 Å². The first-order valence-electron chi connectivity index (χ1n) is 8.24. The molecule has 27 heavy (non-hydrogen) atoms. The highest BCUT2D eigenvalue weighted by atomic mass is 16.3.